The van der Waals surface area contributed by atoms with Crippen LogP contribution in [0.2, 0.25) is 0 Å². The molecule has 0 N–H and O–H groups in total. The van der Waals surface area contributed by atoms with E-state index in [1.807, 2.05) is 0 Å². The molecule has 1 heteroatoms. The van der Waals surface area contributed by atoms with Crippen LogP contribution in [0.15, 0.2) is 212 Å². The summed E-state index contributed by atoms with van der Waals surface area (Å²) in [6.45, 7) is 0. The zero-order valence-corrected chi connectivity index (χ0v) is 28.2. The molecule has 0 aliphatic rings. The summed E-state index contributed by atoms with van der Waals surface area (Å²) in [5.41, 5.74) is 13.0. The first kappa shape index (κ1) is 30.4. The van der Waals surface area contributed by atoms with Gasteiger partial charge in [-0.05, 0) is 115 Å². The highest BCUT2D eigenvalue weighted by atomic mass is 15.1. The maximum absolute atomic E-state index is 2.34. The van der Waals surface area contributed by atoms with E-state index in [-0.39, 0.29) is 0 Å². The molecule has 240 valence electrons. The molecule has 0 aliphatic carbocycles. The summed E-state index contributed by atoms with van der Waals surface area (Å²) < 4.78 is 0. The topological polar surface area (TPSA) is 3.24 Å². The molecular formula is C50H35N. The minimum Gasteiger partial charge on any atom is -0.311 e. The zero-order valence-electron chi connectivity index (χ0n) is 28.2. The number of fused-ring (bicyclic) bond motifs is 2. The van der Waals surface area contributed by atoms with E-state index in [1.165, 1.54) is 66.1 Å². The zero-order chi connectivity index (χ0) is 34.0. The van der Waals surface area contributed by atoms with Crippen molar-refractivity contribution in [3.8, 4) is 44.5 Å². The van der Waals surface area contributed by atoms with Gasteiger partial charge in [-0.1, -0.05) is 164 Å². The molecule has 0 heterocycles. The number of rotatable bonds is 7. The fourth-order valence-corrected chi connectivity index (χ4v) is 7.08. The van der Waals surface area contributed by atoms with Gasteiger partial charge in [0.05, 0.1) is 0 Å². The molecule has 0 saturated carbocycles. The average molecular weight is 650 g/mol. The van der Waals surface area contributed by atoms with Crippen molar-refractivity contribution in [1.82, 2.24) is 0 Å². The molecule has 0 atom stereocenters. The molecule has 0 unspecified atom stereocenters. The molecule has 0 spiro atoms. The second-order valence-corrected chi connectivity index (χ2v) is 13.0. The van der Waals surface area contributed by atoms with Gasteiger partial charge in [-0.3, -0.25) is 0 Å². The highest BCUT2D eigenvalue weighted by Crippen LogP contribution is 2.38. The van der Waals surface area contributed by atoms with Gasteiger partial charge < -0.3 is 4.90 Å². The highest BCUT2D eigenvalue weighted by Gasteiger charge is 2.14. The van der Waals surface area contributed by atoms with Crippen molar-refractivity contribution in [2.45, 2.75) is 0 Å². The van der Waals surface area contributed by atoms with E-state index in [0.29, 0.717) is 0 Å². The van der Waals surface area contributed by atoms with Gasteiger partial charge in [0, 0.05) is 17.1 Å². The van der Waals surface area contributed by atoms with Crippen molar-refractivity contribution in [3.05, 3.63) is 212 Å². The van der Waals surface area contributed by atoms with Crippen LogP contribution in [0.1, 0.15) is 0 Å². The van der Waals surface area contributed by atoms with Gasteiger partial charge in [0.15, 0.2) is 0 Å². The van der Waals surface area contributed by atoms with Crippen LogP contribution in [0.4, 0.5) is 17.1 Å². The predicted molar refractivity (Wildman–Crippen MR) is 218 cm³/mol. The van der Waals surface area contributed by atoms with E-state index in [2.05, 4.69) is 217 Å². The Morgan fingerprint density at radius 1 is 0.196 bits per heavy atom. The second kappa shape index (κ2) is 13.3. The standard InChI is InChI=1S/C50H35N/c1-2-8-36(9-3-1)39-14-16-40(17-15-39)41-22-28-48(29-23-41)51(49-30-24-42(25-31-49)46-20-18-37-10-4-6-12-44(37)34-46)50-32-26-43(27-33-50)47-21-19-38-11-5-7-13-45(38)35-47/h1-35H. The third-order valence-electron chi connectivity index (χ3n) is 9.87. The number of anilines is 3. The monoisotopic (exact) mass is 649 g/mol. The molecule has 0 bridgehead atoms. The number of benzene rings is 9. The predicted octanol–water partition coefficient (Wildman–Crippen LogP) is 14.1. The van der Waals surface area contributed by atoms with E-state index in [0.717, 1.165) is 17.1 Å². The third kappa shape index (κ3) is 6.18. The van der Waals surface area contributed by atoms with Crippen LogP contribution in [0.25, 0.3) is 66.1 Å². The fourth-order valence-electron chi connectivity index (χ4n) is 7.08. The first-order valence-corrected chi connectivity index (χ1v) is 17.5. The normalized spacial score (nSPS) is 11.1. The van der Waals surface area contributed by atoms with Crippen LogP contribution >= 0.6 is 0 Å². The molecule has 1 nitrogen and oxygen atoms in total. The number of hydrogen-bond donors (Lipinski definition) is 0. The first-order chi connectivity index (χ1) is 25.2. The Balaban J connectivity index is 1.06. The van der Waals surface area contributed by atoms with Crippen LogP contribution in [-0.4, -0.2) is 0 Å². The van der Waals surface area contributed by atoms with Crippen molar-refractivity contribution in [3.63, 3.8) is 0 Å². The molecule has 0 amide bonds. The summed E-state index contributed by atoms with van der Waals surface area (Å²) in [5, 5.41) is 5.02. The summed E-state index contributed by atoms with van der Waals surface area (Å²) in [7, 11) is 0. The lowest BCUT2D eigenvalue weighted by Crippen LogP contribution is -2.09. The molecule has 9 aromatic rings. The maximum Gasteiger partial charge on any atom is 0.0462 e. The van der Waals surface area contributed by atoms with Crippen LogP contribution < -0.4 is 4.90 Å². The summed E-state index contributed by atoms with van der Waals surface area (Å²) >= 11 is 0. The fraction of sp³-hybridized carbons (Fsp3) is 0. The van der Waals surface area contributed by atoms with Crippen molar-refractivity contribution in [2.75, 3.05) is 4.90 Å². The van der Waals surface area contributed by atoms with Gasteiger partial charge in [0.25, 0.3) is 0 Å². The van der Waals surface area contributed by atoms with E-state index >= 15 is 0 Å². The van der Waals surface area contributed by atoms with Crippen LogP contribution in [0, 0.1) is 0 Å². The summed E-state index contributed by atoms with van der Waals surface area (Å²) in [6, 6.07) is 76.6. The van der Waals surface area contributed by atoms with Gasteiger partial charge in [-0.2, -0.15) is 0 Å². The molecule has 9 aromatic carbocycles. The van der Waals surface area contributed by atoms with E-state index in [1.54, 1.807) is 0 Å². The summed E-state index contributed by atoms with van der Waals surface area (Å²) in [5.74, 6) is 0. The minimum atomic E-state index is 1.11. The molecule has 0 radical (unpaired) electrons. The summed E-state index contributed by atoms with van der Waals surface area (Å²) in [6.07, 6.45) is 0. The largest absolute Gasteiger partial charge is 0.311 e. The van der Waals surface area contributed by atoms with Gasteiger partial charge in [-0.15, -0.1) is 0 Å². The SMILES string of the molecule is c1ccc(-c2ccc(-c3ccc(N(c4ccc(-c5ccc6ccccc6c5)cc4)c4ccc(-c5ccc6ccccc6c5)cc4)cc3)cc2)cc1. The van der Waals surface area contributed by atoms with Gasteiger partial charge in [0.2, 0.25) is 0 Å². The molecule has 0 saturated heterocycles. The van der Waals surface area contributed by atoms with Crippen molar-refractivity contribution in [2.24, 2.45) is 0 Å². The lowest BCUT2D eigenvalue weighted by Gasteiger charge is -2.26. The Morgan fingerprint density at radius 3 is 0.863 bits per heavy atom. The second-order valence-electron chi connectivity index (χ2n) is 13.0. The molecular weight excluding hydrogens is 615 g/mol. The Labute approximate surface area is 299 Å². The van der Waals surface area contributed by atoms with Crippen LogP contribution in [0.3, 0.4) is 0 Å². The Morgan fingerprint density at radius 2 is 0.471 bits per heavy atom. The molecule has 0 fully saturated rings. The quantitative estimate of drug-likeness (QED) is 0.166. The maximum atomic E-state index is 2.34. The first-order valence-electron chi connectivity index (χ1n) is 17.5. The van der Waals surface area contributed by atoms with Crippen molar-refractivity contribution < 1.29 is 0 Å². The van der Waals surface area contributed by atoms with Gasteiger partial charge in [-0.25, -0.2) is 0 Å². The van der Waals surface area contributed by atoms with E-state index < -0.39 is 0 Å². The Bertz CT molecular complexity index is 2460. The number of hydrogen-bond acceptors (Lipinski definition) is 1. The molecule has 51 heavy (non-hydrogen) atoms. The summed E-state index contributed by atoms with van der Waals surface area (Å²) in [4.78, 5) is 2.34. The van der Waals surface area contributed by atoms with E-state index in [9.17, 15) is 0 Å². The van der Waals surface area contributed by atoms with Crippen molar-refractivity contribution in [1.29, 1.82) is 0 Å². The lowest BCUT2D eigenvalue weighted by atomic mass is 9.99. The van der Waals surface area contributed by atoms with Gasteiger partial charge in [0.1, 0.15) is 0 Å². The van der Waals surface area contributed by atoms with Crippen molar-refractivity contribution >= 4 is 38.6 Å². The minimum absolute atomic E-state index is 1.11. The van der Waals surface area contributed by atoms with Crippen LogP contribution in [0.5, 0.6) is 0 Å². The lowest BCUT2D eigenvalue weighted by molar-refractivity contribution is 1.28. The smallest absolute Gasteiger partial charge is 0.0462 e. The molecule has 0 aliphatic heterocycles. The molecule has 9 rings (SSSR count). The molecule has 0 aromatic heterocycles. The Kier molecular flexibility index (Phi) is 7.92. The van der Waals surface area contributed by atoms with E-state index in [4.69, 9.17) is 0 Å². The van der Waals surface area contributed by atoms with Crippen LogP contribution in [-0.2, 0) is 0 Å². The van der Waals surface area contributed by atoms with Gasteiger partial charge >= 0.3 is 0 Å². The number of nitrogens with zero attached hydrogens (tertiary/aromatic N) is 1. The Hall–Kier alpha value is -6.70. The highest BCUT2D eigenvalue weighted by molar-refractivity contribution is 5.89. The third-order valence-corrected chi connectivity index (χ3v) is 9.87. The average Bonchev–Trinajstić information content (AvgIpc) is 3.22.